The summed E-state index contributed by atoms with van der Waals surface area (Å²) in [6.45, 7) is 2.13. The quantitative estimate of drug-likeness (QED) is 0.175. The minimum atomic E-state index is -3.79. The van der Waals surface area contributed by atoms with Crippen molar-refractivity contribution in [2.75, 3.05) is 73.3 Å². The van der Waals surface area contributed by atoms with Gasteiger partial charge in [0.05, 0.1) is 38.3 Å². The number of morpholine rings is 2. The zero-order valence-corrected chi connectivity index (χ0v) is 27.9. The third kappa shape index (κ3) is 7.26. The average molecular weight is 688 g/mol. The Kier molecular flexibility index (Phi) is 10.4. The summed E-state index contributed by atoms with van der Waals surface area (Å²) in [5, 5.41) is 3.19. The first kappa shape index (κ1) is 34.3. The number of rotatable bonds is 11. The molecule has 0 spiro atoms. The third-order valence-corrected chi connectivity index (χ3v) is 11.1. The van der Waals surface area contributed by atoms with Crippen LogP contribution in [-0.2, 0) is 27.7 Å². The van der Waals surface area contributed by atoms with Crippen molar-refractivity contribution >= 4 is 33.0 Å². The summed E-state index contributed by atoms with van der Waals surface area (Å²) < 4.78 is 58.5. The third-order valence-electron chi connectivity index (χ3n) is 7.44. The smallest absolute Gasteiger partial charge is 0.345 e. The predicted molar refractivity (Wildman–Crippen MR) is 167 cm³/mol. The molecule has 20 nitrogen and oxygen atoms in total. The first-order chi connectivity index (χ1) is 21.8. The molecule has 0 bridgehead atoms. The summed E-state index contributed by atoms with van der Waals surface area (Å²) in [5.41, 5.74) is 4.73. The molecular formula is C24H39N11O9P2. The number of aryl methyl sites for hydroxylation is 1. The number of ether oxygens (including phenoxy) is 2. The number of nitrogen functional groups attached to an aromatic ring is 1. The van der Waals surface area contributed by atoms with Gasteiger partial charge < -0.3 is 29.6 Å². The van der Waals surface area contributed by atoms with Crippen LogP contribution in [0.5, 0.6) is 0 Å². The minimum Gasteiger partial charge on any atom is -0.369 e. The van der Waals surface area contributed by atoms with E-state index in [0.717, 1.165) is 0 Å². The van der Waals surface area contributed by atoms with Crippen LogP contribution in [0.2, 0.25) is 0 Å². The first-order valence-electron chi connectivity index (χ1n) is 14.3. The average Bonchev–Trinajstić information content (AvgIpc) is 3.44. The molecule has 5 rings (SSSR count). The molecule has 2 saturated heterocycles. The Morgan fingerprint density at radius 1 is 1.04 bits per heavy atom. The topological polar surface area (TPSA) is 237 Å². The predicted octanol–water partition coefficient (Wildman–Crippen LogP) is -1.10. The Hall–Kier alpha value is -3.03. The van der Waals surface area contributed by atoms with Gasteiger partial charge in [-0.05, 0) is 35.1 Å². The van der Waals surface area contributed by atoms with Crippen LogP contribution in [0.15, 0.2) is 26.9 Å². The number of nitrogens with zero attached hydrogens (tertiary/aromatic N) is 7. The Bertz CT molecular complexity index is 1810. The minimum absolute atomic E-state index is 0.0209. The maximum absolute atomic E-state index is 14.7. The van der Waals surface area contributed by atoms with Crippen molar-refractivity contribution in [3.8, 4) is 0 Å². The largest absolute Gasteiger partial charge is 0.369 e. The van der Waals surface area contributed by atoms with Crippen LogP contribution in [0.4, 0.5) is 5.95 Å². The Morgan fingerprint density at radius 3 is 2.50 bits per heavy atom. The number of nitrogens with one attached hydrogen (secondary N) is 3. The number of anilines is 1. The maximum atomic E-state index is 14.7. The van der Waals surface area contributed by atoms with E-state index in [1.165, 1.54) is 31.0 Å². The standard InChI is InChI=1S/C24H39N11O9P2/c1-14-8-34(24(38)30-21(14)36)17-7-26-6-15(43-17)12-42-46(40,32(4)5)33-9-16(11-41-45(39)31(2)3)44-18(10-33)35-13-27-19-20(35)28-23(25)29-22(19)37/h8,13,15-18,26,45H,6-7,9-12H2,1-5H3,(H,30,36,38)(H3,25,28,29,37)/t15-,16-,17+,18+,46?/m0/s1. The van der Waals surface area contributed by atoms with Crippen LogP contribution in [-0.4, -0.2) is 123 Å². The Balaban J connectivity index is 1.38. The highest BCUT2D eigenvalue weighted by molar-refractivity contribution is 7.53. The van der Waals surface area contributed by atoms with Gasteiger partial charge in [-0.1, -0.05) is 0 Å². The van der Waals surface area contributed by atoms with E-state index in [0.29, 0.717) is 18.7 Å². The van der Waals surface area contributed by atoms with Gasteiger partial charge in [0.15, 0.2) is 17.4 Å². The van der Waals surface area contributed by atoms with Crippen LogP contribution in [0.3, 0.4) is 0 Å². The molecule has 0 amide bonds. The van der Waals surface area contributed by atoms with Crippen LogP contribution in [0.1, 0.15) is 18.0 Å². The zero-order chi connectivity index (χ0) is 33.3. The molecule has 0 aliphatic carbocycles. The number of aromatic nitrogens is 6. The van der Waals surface area contributed by atoms with Gasteiger partial charge in [0.2, 0.25) is 5.95 Å². The van der Waals surface area contributed by atoms with Crippen LogP contribution < -0.4 is 27.9 Å². The Labute approximate surface area is 263 Å². The SMILES string of the molecule is Cc1cn([C@H]2CNC[C@@H](COP(=O)(N(C)C)N3C[C@@H](CO[PH](=O)N(C)C)O[C@@H](n4cnc5c(=O)[nH]c(N)nc54)C3)O2)c(=O)[nH]c1=O. The van der Waals surface area contributed by atoms with E-state index in [1.807, 2.05) is 0 Å². The highest BCUT2D eigenvalue weighted by Gasteiger charge is 2.43. The number of fused-ring (bicyclic) bond motifs is 1. The number of H-pyrrole nitrogens is 2. The fourth-order valence-electron chi connectivity index (χ4n) is 5.08. The zero-order valence-electron chi connectivity index (χ0n) is 26.0. The lowest BCUT2D eigenvalue weighted by atomic mass is 10.3. The van der Waals surface area contributed by atoms with Gasteiger partial charge in [0.1, 0.15) is 6.23 Å². The van der Waals surface area contributed by atoms with E-state index in [-0.39, 0.29) is 43.4 Å². The molecule has 3 aromatic heterocycles. The van der Waals surface area contributed by atoms with E-state index in [2.05, 4.69) is 25.3 Å². The molecular weight excluding hydrogens is 648 g/mol. The number of nitrogens with two attached hydrogens (primary N) is 1. The van der Waals surface area contributed by atoms with Gasteiger partial charge in [-0.2, -0.15) is 4.98 Å². The van der Waals surface area contributed by atoms with E-state index >= 15 is 0 Å². The molecule has 0 aromatic carbocycles. The monoisotopic (exact) mass is 687 g/mol. The van der Waals surface area contributed by atoms with Crippen molar-refractivity contribution in [2.24, 2.45) is 0 Å². The summed E-state index contributed by atoms with van der Waals surface area (Å²) in [6, 6.07) is 0. The van der Waals surface area contributed by atoms with Crippen molar-refractivity contribution in [1.29, 1.82) is 0 Å². The second-order valence-corrected chi connectivity index (χ2v) is 15.6. The van der Waals surface area contributed by atoms with Crippen molar-refractivity contribution in [3.63, 3.8) is 0 Å². The highest BCUT2D eigenvalue weighted by Crippen LogP contribution is 2.54. The molecule has 0 saturated carbocycles. The number of aromatic amines is 2. The summed E-state index contributed by atoms with van der Waals surface area (Å²) in [4.78, 5) is 49.8. The Morgan fingerprint density at radius 2 is 1.78 bits per heavy atom. The van der Waals surface area contributed by atoms with Gasteiger partial charge in [-0.3, -0.25) is 37.8 Å². The normalized spacial score (nSPS) is 24.8. The van der Waals surface area contributed by atoms with E-state index < -0.39 is 57.3 Å². The second kappa shape index (κ2) is 14.0. The highest BCUT2D eigenvalue weighted by atomic mass is 31.2. The molecule has 6 atom stereocenters. The number of hydrogen-bond donors (Lipinski definition) is 4. The molecule has 254 valence electrons. The molecule has 3 aromatic rings. The van der Waals surface area contributed by atoms with Gasteiger partial charge in [-0.15, -0.1) is 0 Å². The lowest BCUT2D eigenvalue weighted by Gasteiger charge is -2.43. The van der Waals surface area contributed by atoms with E-state index in [1.54, 1.807) is 39.8 Å². The van der Waals surface area contributed by atoms with Crippen molar-refractivity contribution < 1.29 is 27.7 Å². The van der Waals surface area contributed by atoms with Gasteiger partial charge >= 0.3 is 13.4 Å². The molecule has 5 N–H and O–H groups in total. The van der Waals surface area contributed by atoms with Gasteiger partial charge in [0.25, 0.3) is 19.3 Å². The van der Waals surface area contributed by atoms with Crippen LogP contribution in [0, 0.1) is 6.92 Å². The first-order valence-corrected chi connectivity index (χ1v) is 17.1. The lowest BCUT2D eigenvalue weighted by molar-refractivity contribution is -0.118. The molecule has 5 heterocycles. The maximum Gasteiger partial charge on any atom is 0.345 e. The van der Waals surface area contributed by atoms with Crippen molar-refractivity contribution in [1.82, 2.24) is 48.4 Å². The van der Waals surface area contributed by atoms with Crippen LogP contribution >= 0.6 is 15.8 Å². The molecule has 2 aliphatic rings. The second-order valence-electron chi connectivity index (χ2n) is 11.3. The molecule has 2 aliphatic heterocycles. The number of hydrogen-bond acceptors (Lipinski definition) is 13. The van der Waals surface area contributed by atoms with Crippen LogP contribution in [0.25, 0.3) is 11.2 Å². The summed E-state index contributed by atoms with van der Waals surface area (Å²) >= 11 is 0. The summed E-state index contributed by atoms with van der Waals surface area (Å²) in [7, 11) is 0.145. The number of imidazole rings is 1. The summed E-state index contributed by atoms with van der Waals surface area (Å²) in [5.74, 6) is -0.114. The summed E-state index contributed by atoms with van der Waals surface area (Å²) in [6.07, 6.45) is -0.135. The molecule has 2 fully saturated rings. The van der Waals surface area contributed by atoms with E-state index in [4.69, 9.17) is 24.3 Å². The van der Waals surface area contributed by atoms with Gasteiger partial charge in [0, 0.05) is 31.4 Å². The fraction of sp³-hybridized carbons (Fsp3) is 0.625. The van der Waals surface area contributed by atoms with Crippen molar-refractivity contribution in [3.05, 3.63) is 49.3 Å². The van der Waals surface area contributed by atoms with E-state index in [9.17, 15) is 23.5 Å². The fourth-order valence-corrected chi connectivity index (χ4v) is 7.66. The van der Waals surface area contributed by atoms with Crippen molar-refractivity contribution in [2.45, 2.75) is 31.6 Å². The molecule has 22 heteroatoms. The molecule has 0 radical (unpaired) electrons. The van der Waals surface area contributed by atoms with Gasteiger partial charge in [-0.25, -0.2) is 23.8 Å². The molecule has 2 unspecified atom stereocenters. The lowest BCUT2D eigenvalue weighted by Crippen LogP contribution is -2.49. The molecule has 46 heavy (non-hydrogen) atoms.